The van der Waals surface area contributed by atoms with E-state index in [1.165, 1.54) is 6.21 Å². The molecule has 152 valence electrons. The zero-order chi connectivity index (χ0) is 21.6. The van der Waals surface area contributed by atoms with Gasteiger partial charge < -0.3 is 4.74 Å². The molecule has 0 unspecified atom stereocenters. The van der Waals surface area contributed by atoms with E-state index in [1.807, 2.05) is 36.4 Å². The molecule has 0 aliphatic rings. The van der Waals surface area contributed by atoms with Crippen molar-refractivity contribution in [3.05, 3.63) is 113 Å². The standard InChI is InChI=1S/C25H17ClN2O3/c26-22-13-7-6-12-20(22)25(30)31-23-15-14-17-8-4-5-11-19(17)21(23)16-27-28-24(29)18-9-2-1-3-10-18/h1-16H,(H,28,29)/b27-16-. The van der Waals surface area contributed by atoms with Gasteiger partial charge in [0.2, 0.25) is 0 Å². The Bertz CT molecular complexity index is 1290. The van der Waals surface area contributed by atoms with Crippen LogP contribution in [0.3, 0.4) is 0 Å². The van der Waals surface area contributed by atoms with Crippen LogP contribution < -0.4 is 10.2 Å². The van der Waals surface area contributed by atoms with Gasteiger partial charge in [0.1, 0.15) is 5.75 Å². The highest BCUT2D eigenvalue weighted by Gasteiger charge is 2.15. The van der Waals surface area contributed by atoms with Gasteiger partial charge in [-0.15, -0.1) is 0 Å². The Morgan fingerprint density at radius 1 is 0.839 bits per heavy atom. The lowest BCUT2D eigenvalue weighted by atomic mass is 10.0. The lowest BCUT2D eigenvalue weighted by molar-refractivity contribution is 0.0734. The molecule has 4 rings (SSSR count). The van der Waals surface area contributed by atoms with Gasteiger partial charge in [0, 0.05) is 11.1 Å². The van der Waals surface area contributed by atoms with Gasteiger partial charge in [-0.05, 0) is 41.1 Å². The number of hydrogen-bond acceptors (Lipinski definition) is 4. The molecule has 1 N–H and O–H groups in total. The number of amides is 1. The maximum atomic E-state index is 12.7. The van der Waals surface area contributed by atoms with Crippen LogP contribution in [0.2, 0.25) is 5.02 Å². The average Bonchev–Trinajstić information content (AvgIpc) is 2.81. The summed E-state index contributed by atoms with van der Waals surface area (Å²) in [5, 5.41) is 6.15. The van der Waals surface area contributed by atoms with Crippen LogP contribution in [-0.4, -0.2) is 18.1 Å². The van der Waals surface area contributed by atoms with E-state index in [0.717, 1.165) is 10.8 Å². The summed E-state index contributed by atoms with van der Waals surface area (Å²) in [6.45, 7) is 0. The number of carbonyl (C=O) groups is 2. The third-order valence-electron chi connectivity index (χ3n) is 4.62. The normalized spacial score (nSPS) is 10.9. The quantitative estimate of drug-likeness (QED) is 0.198. The molecule has 4 aromatic carbocycles. The Morgan fingerprint density at radius 3 is 2.35 bits per heavy atom. The zero-order valence-corrected chi connectivity index (χ0v) is 17.0. The highest BCUT2D eigenvalue weighted by molar-refractivity contribution is 6.33. The molecule has 0 aliphatic heterocycles. The summed E-state index contributed by atoms with van der Waals surface area (Å²) in [5.74, 6) is -0.614. The van der Waals surface area contributed by atoms with Crippen molar-refractivity contribution in [3.8, 4) is 5.75 Å². The van der Waals surface area contributed by atoms with Gasteiger partial charge >= 0.3 is 5.97 Å². The second-order valence-corrected chi connectivity index (χ2v) is 7.04. The van der Waals surface area contributed by atoms with Crippen molar-refractivity contribution in [2.24, 2.45) is 5.10 Å². The molecule has 0 heterocycles. The van der Waals surface area contributed by atoms with Crippen molar-refractivity contribution < 1.29 is 14.3 Å². The minimum Gasteiger partial charge on any atom is -0.422 e. The molecule has 0 atom stereocenters. The Kier molecular flexibility index (Phi) is 6.05. The molecule has 4 aromatic rings. The number of halogens is 1. The lowest BCUT2D eigenvalue weighted by Gasteiger charge is -2.11. The monoisotopic (exact) mass is 428 g/mol. The minimum atomic E-state index is -0.580. The van der Waals surface area contributed by atoms with Gasteiger partial charge in [0.05, 0.1) is 16.8 Å². The van der Waals surface area contributed by atoms with Crippen molar-refractivity contribution in [3.63, 3.8) is 0 Å². The van der Waals surface area contributed by atoms with E-state index in [4.69, 9.17) is 16.3 Å². The van der Waals surface area contributed by atoms with E-state index >= 15 is 0 Å². The van der Waals surface area contributed by atoms with Crippen molar-refractivity contribution in [2.75, 3.05) is 0 Å². The summed E-state index contributed by atoms with van der Waals surface area (Å²) >= 11 is 6.12. The molecule has 0 radical (unpaired) electrons. The van der Waals surface area contributed by atoms with E-state index in [2.05, 4.69) is 10.5 Å². The van der Waals surface area contributed by atoms with Gasteiger partial charge in [0.15, 0.2) is 0 Å². The van der Waals surface area contributed by atoms with E-state index in [0.29, 0.717) is 21.9 Å². The molecule has 0 spiro atoms. The molecule has 5 nitrogen and oxygen atoms in total. The van der Waals surface area contributed by atoms with Gasteiger partial charge in [-0.1, -0.05) is 72.3 Å². The van der Waals surface area contributed by atoms with Crippen LogP contribution in [0.4, 0.5) is 0 Å². The SMILES string of the molecule is O=C(N/N=C\c1c(OC(=O)c2ccccc2Cl)ccc2ccccc12)c1ccccc1. The van der Waals surface area contributed by atoms with E-state index < -0.39 is 5.97 Å². The number of benzene rings is 4. The minimum absolute atomic E-state index is 0.262. The second kappa shape index (κ2) is 9.24. The number of rotatable bonds is 5. The Hall–Kier alpha value is -3.96. The van der Waals surface area contributed by atoms with Crippen molar-refractivity contribution in [1.82, 2.24) is 5.43 Å². The van der Waals surface area contributed by atoms with Gasteiger partial charge in [-0.3, -0.25) is 4.79 Å². The van der Waals surface area contributed by atoms with Crippen LogP contribution in [0.15, 0.2) is 96.1 Å². The van der Waals surface area contributed by atoms with E-state index in [-0.39, 0.29) is 11.5 Å². The fourth-order valence-electron chi connectivity index (χ4n) is 3.09. The lowest BCUT2D eigenvalue weighted by Crippen LogP contribution is -2.17. The first kappa shape index (κ1) is 20.3. The summed E-state index contributed by atoms with van der Waals surface area (Å²) in [6.07, 6.45) is 1.47. The summed E-state index contributed by atoms with van der Waals surface area (Å²) in [5.41, 5.74) is 3.81. The third-order valence-corrected chi connectivity index (χ3v) is 4.95. The molecular formula is C25H17ClN2O3. The fourth-order valence-corrected chi connectivity index (χ4v) is 3.30. The van der Waals surface area contributed by atoms with Gasteiger partial charge in [-0.2, -0.15) is 5.10 Å². The first-order valence-corrected chi connectivity index (χ1v) is 9.88. The molecular weight excluding hydrogens is 412 g/mol. The Labute approximate surface area is 183 Å². The van der Waals surface area contributed by atoms with Crippen molar-refractivity contribution >= 4 is 40.5 Å². The molecule has 0 aliphatic carbocycles. The molecule has 31 heavy (non-hydrogen) atoms. The molecule has 0 aromatic heterocycles. The Morgan fingerprint density at radius 2 is 1.55 bits per heavy atom. The van der Waals surface area contributed by atoms with Crippen LogP contribution in [-0.2, 0) is 0 Å². The number of esters is 1. The number of carbonyl (C=O) groups excluding carboxylic acids is 2. The maximum absolute atomic E-state index is 12.7. The average molecular weight is 429 g/mol. The zero-order valence-electron chi connectivity index (χ0n) is 16.3. The number of hydrogen-bond donors (Lipinski definition) is 1. The topological polar surface area (TPSA) is 67.8 Å². The summed E-state index contributed by atoms with van der Waals surface area (Å²) in [7, 11) is 0. The largest absolute Gasteiger partial charge is 0.422 e. The summed E-state index contributed by atoms with van der Waals surface area (Å²) in [6, 6.07) is 26.6. The van der Waals surface area contributed by atoms with Crippen LogP contribution >= 0.6 is 11.6 Å². The Balaban J connectivity index is 1.65. The first-order valence-electron chi connectivity index (χ1n) is 9.50. The highest BCUT2D eigenvalue weighted by Crippen LogP contribution is 2.28. The summed E-state index contributed by atoms with van der Waals surface area (Å²) in [4.78, 5) is 24.9. The molecule has 0 bridgehead atoms. The van der Waals surface area contributed by atoms with Crippen molar-refractivity contribution in [1.29, 1.82) is 0 Å². The van der Waals surface area contributed by atoms with Crippen LogP contribution in [0.1, 0.15) is 26.3 Å². The maximum Gasteiger partial charge on any atom is 0.345 e. The molecule has 1 amide bonds. The van der Waals surface area contributed by atoms with Gasteiger partial charge in [0.25, 0.3) is 5.91 Å². The molecule has 6 heteroatoms. The molecule has 0 saturated heterocycles. The predicted molar refractivity (Wildman–Crippen MR) is 122 cm³/mol. The molecule has 0 fully saturated rings. The van der Waals surface area contributed by atoms with Crippen LogP contribution in [0.5, 0.6) is 5.75 Å². The van der Waals surface area contributed by atoms with Gasteiger partial charge in [-0.25, -0.2) is 10.2 Å². The highest BCUT2D eigenvalue weighted by atomic mass is 35.5. The summed E-state index contributed by atoms with van der Waals surface area (Å²) < 4.78 is 5.64. The molecule has 0 saturated carbocycles. The van der Waals surface area contributed by atoms with E-state index in [9.17, 15) is 9.59 Å². The number of nitrogens with one attached hydrogen (secondary N) is 1. The first-order chi connectivity index (χ1) is 15.1. The smallest absolute Gasteiger partial charge is 0.345 e. The number of ether oxygens (including phenoxy) is 1. The number of fused-ring (bicyclic) bond motifs is 1. The van der Waals surface area contributed by atoms with Crippen molar-refractivity contribution in [2.45, 2.75) is 0 Å². The third kappa shape index (κ3) is 4.63. The van der Waals surface area contributed by atoms with Crippen LogP contribution in [0.25, 0.3) is 10.8 Å². The van der Waals surface area contributed by atoms with E-state index in [1.54, 1.807) is 54.6 Å². The van der Waals surface area contributed by atoms with Crippen LogP contribution in [0, 0.1) is 0 Å². The number of nitrogens with zero attached hydrogens (tertiary/aromatic N) is 1. The number of hydrazone groups is 1. The second-order valence-electron chi connectivity index (χ2n) is 6.63. The predicted octanol–water partition coefficient (Wildman–Crippen LogP) is 5.48. The fraction of sp³-hybridized carbons (Fsp3) is 0.